The fraction of sp³-hybridized carbons (Fsp3) is 0.652. The zero-order valence-electron chi connectivity index (χ0n) is 18.5. The molecule has 0 bridgehead atoms. The van der Waals surface area contributed by atoms with E-state index in [1.54, 1.807) is 13.8 Å². The number of rotatable bonds is 5. The van der Waals surface area contributed by atoms with Crippen LogP contribution in [0.25, 0.3) is 0 Å². The largest absolute Gasteiger partial charge is 0.491 e. The van der Waals surface area contributed by atoms with Gasteiger partial charge < -0.3 is 10.5 Å². The van der Waals surface area contributed by atoms with Gasteiger partial charge in [-0.1, -0.05) is 46.0 Å². The van der Waals surface area contributed by atoms with Crippen LogP contribution in [0.2, 0.25) is 0 Å². The number of hydrogen-bond acceptors (Lipinski definition) is 4. The monoisotopic (exact) mass is 478 g/mol. The van der Waals surface area contributed by atoms with Gasteiger partial charge in [-0.05, 0) is 30.5 Å². The SMILES string of the molecule is CC1C(=O)C(COc2cc(C(F)(F)F)cc(C(F)(F)F)c2)(CC2CCCCC2)N=C(N)C1C. The first-order chi connectivity index (χ1) is 15.2. The maximum Gasteiger partial charge on any atom is 0.416 e. The Morgan fingerprint density at radius 1 is 0.970 bits per heavy atom. The number of benzene rings is 1. The van der Waals surface area contributed by atoms with E-state index in [1.165, 1.54) is 0 Å². The van der Waals surface area contributed by atoms with Crippen LogP contribution in [-0.4, -0.2) is 23.8 Å². The number of carbonyl (C=O) groups is 1. The van der Waals surface area contributed by atoms with Gasteiger partial charge in [0.1, 0.15) is 12.4 Å². The highest BCUT2D eigenvalue weighted by molar-refractivity contribution is 6.01. The van der Waals surface area contributed by atoms with E-state index in [4.69, 9.17) is 10.5 Å². The van der Waals surface area contributed by atoms with Crippen LogP contribution in [0.5, 0.6) is 5.75 Å². The zero-order chi connectivity index (χ0) is 24.6. The molecule has 2 N–H and O–H groups in total. The minimum Gasteiger partial charge on any atom is -0.491 e. The van der Waals surface area contributed by atoms with Gasteiger partial charge in [0.15, 0.2) is 11.3 Å². The molecule has 1 aromatic rings. The van der Waals surface area contributed by atoms with Crippen molar-refractivity contribution in [2.24, 2.45) is 28.5 Å². The summed E-state index contributed by atoms with van der Waals surface area (Å²) in [7, 11) is 0. The number of nitrogens with zero attached hydrogens (tertiary/aromatic N) is 1. The molecule has 1 heterocycles. The molecule has 0 amide bonds. The highest BCUT2D eigenvalue weighted by Crippen LogP contribution is 2.41. The molecule has 1 saturated carbocycles. The lowest BCUT2D eigenvalue weighted by Crippen LogP contribution is -2.54. The molecule has 3 rings (SSSR count). The number of amidine groups is 1. The molecule has 0 saturated heterocycles. The third-order valence-corrected chi connectivity index (χ3v) is 6.82. The maximum absolute atomic E-state index is 13.3. The van der Waals surface area contributed by atoms with Crippen LogP contribution in [0.3, 0.4) is 0 Å². The molecule has 0 aromatic heterocycles. The lowest BCUT2D eigenvalue weighted by molar-refractivity contribution is -0.143. The van der Waals surface area contributed by atoms with Crippen molar-refractivity contribution in [3.8, 4) is 5.75 Å². The van der Waals surface area contributed by atoms with Gasteiger partial charge in [0.2, 0.25) is 0 Å². The second kappa shape index (κ2) is 9.18. The van der Waals surface area contributed by atoms with Gasteiger partial charge in [0, 0.05) is 11.8 Å². The van der Waals surface area contributed by atoms with E-state index in [-0.39, 0.29) is 29.5 Å². The highest BCUT2D eigenvalue weighted by Gasteiger charge is 2.48. The van der Waals surface area contributed by atoms with Gasteiger partial charge in [-0.2, -0.15) is 26.3 Å². The third kappa shape index (κ3) is 5.63. The number of Topliss-reactive ketones (excluding diaryl/α,β-unsaturated/α-hetero) is 1. The maximum atomic E-state index is 13.3. The van der Waals surface area contributed by atoms with Gasteiger partial charge >= 0.3 is 12.4 Å². The standard InChI is InChI=1S/C23H28F6N2O2/c1-13-14(2)20(30)31-21(19(13)32,11-15-6-4-3-5-7-15)12-33-18-9-16(22(24,25)26)8-17(10-18)23(27,28)29/h8-10,13-15H,3-7,11-12H2,1-2H3,(H2,30,31). The Kier molecular flexibility index (Phi) is 7.05. The molecule has 33 heavy (non-hydrogen) atoms. The first-order valence-electron chi connectivity index (χ1n) is 11.0. The van der Waals surface area contributed by atoms with Gasteiger partial charge in [0.25, 0.3) is 0 Å². The van der Waals surface area contributed by atoms with Crippen LogP contribution in [0.1, 0.15) is 63.5 Å². The summed E-state index contributed by atoms with van der Waals surface area (Å²) in [4.78, 5) is 17.8. The number of aliphatic imine (C=N–C) groups is 1. The Hall–Kier alpha value is -2.26. The smallest absolute Gasteiger partial charge is 0.416 e. The molecule has 1 fully saturated rings. The molecule has 2 aliphatic rings. The molecule has 3 atom stereocenters. The second-order valence-corrected chi connectivity index (χ2v) is 9.25. The number of hydrogen-bond donors (Lipinski definition) is 1. The van der Waals surface area contributed by atoms with Crippen molar-refractivity contribution >= 4 is 11.6 Å². The first-order valence-corrected chi connectivity index (χ1v) is 11.0. The van der Waals surface area contributed by atoms with Crippen molar-refractivity contribution in [2.75, 3.05) is 6.61 Å². The topological polar surface area (TPSA) is 64.7 Å². The van der Waals surface area contributed by atoms with Crippen LogP contribution in [0.15, 0.2) is 23.2 Å². The van der Waals surface area contributed by atoms with Crippen LogP contribution in [0.4, 0.5) is 26.3 Å². The average Bonchev–Trinajstić information content (AvgIpc) is 2.74. The van der Waals surface area contributed by atoms with E-state index in [0.717, 1.165) is 32.1 Å². The zero-order valence-corrected chi connectivity index (χ0v) is 18.5. The molecule has 184 valence electrons. The van der Waals surface area contributed by atoms with Gasteiger partial charge in [-0.25, -0.2) is 0 Å². The van der Waals surface area contributed by atoms with Crippen molar-refractivity contribution in [1.82, 2.24) is 0 Å². The summed E-state index contributed by atoms with van der Waals surface area (Å²) in [5, 5.41) is 0. The van der Waals surface area contributed by atoms with E-state index in [2.05, 4.69) is 4.99 Å². The summed E-state index contributed by atoms with van der Waals surface area (Å²) in [5.41, 5.74) is 1.69. The first kappa shape index (κ1) is 25.4. The van der Waals surface area contributed by atoms with Gasteiger partial charge in [0.05, 0.1) is 17.0 Å². The molecule has 1 aromatic carbocycles. The molecule has 3 unspecified atom stereocenters. The lowest BCUT2D eigenvalue weighted by atomic mass is 9.71. The fourth-order valence-corrected chi connectivity index (χ4v) is 4.70. The quantitative estimate of drug-likeness (QED) is 0.526. The molecule has 10 heteroatoms. The fourth-order valence-electron chi connectivity index (χ4n) is 4.70. The number of ketones is 1. The highest BCUT2D eigenvalue weighted by atomic mass is 19.4. The molecule has 1 aliphatic heterocycles. The van der Waals surface area contributed by atoms with Crippen LogP contribution >= 0.6 is 0 Å². The summed E-state index contributed by atoms with van der Waals surface area (Å²) in [6.07, 6.45) is -4.88. The van der Waals surface area contributed by atoms with Crippen LogP contribution in [-0.2, 0) is 17.1 Å². The minimum atomic E-state index is -4.99. The third-order valence-electron chi connectivity index (χ3n) is 6.82. The Morgan fingerprint density at radius 3 is 2.03 bits per heavy atom. The van der Waals surface area contributed by atoms with E-state index in [0.29, 0.717) is 18.6 Å². The van der Waals surface area contributed by atoms with Crippen molar-refractivity contribution in [3.05, 3.63) is 29.3 Å². The minimum absolute atomic E-state index is 0.0380. The van der Waals surface area contributed by atoms with Gasteiger partial charge in [-0.15, -0.1) is 0 Å². The normalized spacial score (nSPS) is 27.4. The van der Waals surface area contributed by atoms with E-state index >= 15 is 0 Å². The van der Waals surface area contributed by atoms with E-state index < -0.39 is 47.3 Å². The van der Waals surface area contributed by atoms with Crippen molar-refractivity contribution < 1.29 is 35.9 Å². The molecule has 4 nitrogen and oxygen atoms in total. The molecular formula is C23H28F6N2O2. The Balaban J connectivity index is 1.97. The number of ether oxygens (including phenoxy) is 1. The molecule has 1 aliphatic carbocycles. The number of halogens is 6. The van der Waals surface area contributed by atoms with E-state index in [1.807, 2.05) is 0 Å². The van der Waals surface area contributed by atoms with Crippen LogP contribution in [0, 0.1) is 17.8 Å². The number of alkyl halides is 6. The summed E-state index contributed by atoms with van der Waals surface area (Å²) >= 11 is 0. The van der Waals surface area contributed by atoms with Gasteiger partial charge in [-0.3, -0.25) is 9.79 Å². The Bertz CT molecular complexity index is 873. The number of nitrogens with two attached hydrogens (primary N) is 1. The predicted octanol–water partition coefficient (Wildman–Crippen LogP) is 6.02. The Labute approximate surface area is 188 Å². The summed E-state index contributed by atoms with van der Waals surface area (Å²) < 4.78 is 84.7. The summed E-state index contributed by atoms with van der Waals surface area (Å²) in [6.45, 7) is 2.99. The molecule has 0 radical (unpaired) electrons. The van der Waals surface area contributed by atoms with Crippen molar-refractivity contribution in [2.45, 2.75) is 70.3 Å². The lowest BCUT2D eigenvalue weighted by Gasteiger charge is -2.40. The number of carbonyl (C=O) groups excluding carboxylic acids is 1. The average molecular weight is 478 g/mol. The summed E-state index contributed by atoms with van der Waals surface area (Å²) in [6, 6.07) is 1.06. The second-order valence-electron chi connectivity index (χ2n) is 9.25. The van der Waals surface area contributed by atoms with Crippen molar-refractivity contribution in [1.29, 1.82) is 0 Å². The van der Waals surface area contributed by atoms with Crippen LogP contribution < -0.4 is 10.5 Å². The molecule has 0 spiro atoms. The predicted molar refractivity (Wildman–Crippen MR) is 111 cm³/mol. The Morgan fingerprint density at radius 2 is 1.52 bits per heavy atom. The van der Waals surface area contributed by atoms with E-state index in [9.17, 15) is 31.1 Å². The van der Waals surface area contributed by atoms with Crippen molar-refractivity contribution in [3.63, 3.8) is 0 Å². The summed E-state index contributed by atoms with van der Waals surface area (Å²) in [5.74, 6) is -1.30. The molecular weight excluding hydrogens is 450 g/mol.